The first-order valence-corrected chi connectivity index (χ1v) is 8.24. The third-order valence-electron chi connectivity index (χ3n) is 4.29. The van der Waals surface area contributed by atoms with Crippen molar-refractivity contribution in [3.05, 3.63) is 72.7 Å². The Hall–Kier alpha value is -3.41. The van der Waals surface area contributed by atoms with E-state index in [-0.39, 0.29) is 18.3 Å². The minimum absolute atomic E-state index is 0.0960. The van der Waals surface area contributed by atoms with E-state index >= 15 is 0 Å². The molecule has 6 heteroatoms. The summed E-state index contributed by atoms with van der Waals surface area (Å²) >= 11 is 0. The van der Waals surface area contributed by atoms with Crippen molar-refractivity contribution in [2.45, 2.75) is 6.54 Å². The van der Waals surface area contributed by atoms with Crippen LogP contribution in [-0.2, 0) is 18.4 Å². The average Bonchev–Trinajstić information content (AvgIpc) is 3.21. The molecule has 0 aliphatic carbocycles. The highest BCUT2D eigenvalue weighted by Gasteiger charge is 2.12. The fraction of sp³-hybridized carbons (Fsp3) is 0.100. The van der Waals surface area contributed by atoms with Crippen LogP contribution >= 0.6 is 0 Å². The van der Waals surface area contributed by atoms with Gasteiger partial charge in [0.2, 0.25) is 5.91 Å². The maximum absolute atomic E-state index is 13.8. The minimum atomic E-state index is -0.291. The van der Waals surface area contributed by atoms with Crippen molar-refractivity contribution in [1.82, 2.24) is 14.3 Å². The van der Waals surface area contributed by atoms with Crippen LogP contribution in [0.4, 0.5) is 10.2 Å². The molecule has 130 valence electrons. The summed E-state index contributed by atoms with van der Waals surface area (Å²) in [4.78, 5) is 12.4. The standard InChI is InChI=1S/C20H17FN4O/c1-24-19(12-17(23-24)14-6-3-2-4-7-14)22-20(26)13-25-11-10-15-16(21)8-5-9-18(15)25/h2-12H,13H2,1H3,(H,22,26). The molecule has 0 spiro atoms. The predicted molar refractivity (Wildman–Crippen MR) is 99.2 cm³/mol. The first-order chi connectivity index (χ1) is 12.6. The van der Waals surface area contributed by atoms with Crippen molar-refractivity contribution in [1.29, 1.82) is 0 Å². The van der Waals surface area contributed by atoms with Gasteiger partial charge in [-0.15, -0.1) is 0 Å². The molecule has 0 aliphatic heterocycles. The monoisotopic (exact) mass is 348 g/mol. The number of aromatic nitrogens is 3. The summed E-state index contributed by atoms with van der Waals surface area (Å²) in [5.41, 5.74) is 2.46. The quantitative estimate of drug-likeness (QED) is 0.609. The molecule has 0 saturated carbocycles. The second kappa shape index (κ2) is 6.48. The number of benzene rings is 2. The minimum Gasteiger partial charge on any atom is -0.338 e. The number of rotatable bonds is 4. The Morgan fingerprint density at radius 3 is 2.73 bits per heavy atom. The van der Waals surface area contributed by atoms with Crippen LogP contribution < -0.4 is 5.32 Å². The van der Waals surface area contributed by atoms with Gasteiger partial charge in [-0.1, -0.05) is 36.4 Å². The lowest BCUT2D eigenvalue weighted by Gasteiger charge is -2.07. The smallest absolute Gasteiger partial charge is 0.245 e. The Morgan fingerprint density at radius 1 is 1.12 bits per heavy atom. The summed E-state index contributed by atoms with van der Waals surface area (Å²) in [6.45, 7) is 0.0960. The lowest BCUT2D eigenvalue weighted by Crippen LogP contribution is -2.19. The number of fused-ring (bicyclic) bond motifs is 1. The van der Waals surface area contributed by atoms with E-state index < -0.39 is 0 Å². The van der Waals surface area contributed by atoms with Crippen LogP contribution in [0.2, 0.25) is 0 Å². The Labute approximate surface area is 149 Å². The molecule has 0 unspecified atom stereocenters. The second-order valence-electron chi connectivity index (χ2n) is 6.07. The number of amides is 1. The summed E-state index contributed by atoms with van der Waals surface area (Å²) in [6, 6.07) is 18.1. The second-order valence-corrected chi connectivity index (χ2v) is 6.07. The van der Waals surface area contributed by atoms with Gasteiger partial charge in [-0.25, -0.2) is 4.39 Å². The zero-order valence-corrected chi connectivity index (χ0v) is 14.2. The Kier molecular flexibility index (Phi) is 4.01. The molecule has 4 rings (SSSR count). The molecule has 1 N–H and O–H groups in total. The van der Waals surface area contributed by atoms with Gasteiger partial charge in [-0.05, 0) is 18.2 Å². The molecule has 2 aromatic heterocycles. The van der Waals surface area contributed by atoms with E-state index in [1.807, 2.05) is 36.4 Å². The summed E-state index contributed by atoms with van der Waals surface area (Å²) in [7, 11) is 1.78. The number of anilines is 1. The molecule has 2 heterocycles. The van der Waals surface area contributed by atoms with Crippen molar-refractivity contribution in [3.63, 3.8) is 0 Å². The van der Waals surface area contributed by atoms with E-state index in [1.165, 1.54) is 6.07 Å². The lowest BCUT2D eigenvalue weighted by molar-refractivity contribution is -0.116. The number of hydrogen-bond donors (Lipinski definition) is 1. The number of nitrogens with zero attached hydrogens (tertiary/aromatic N) is 3. The number of aryl methyl sites for hydroxylation is 1. The molecule has 0 saturated heterocycles. The molecule has 0 fully saturated rings. The van der Waals surface area contributed by atoms with Crippen molar-refractivity contribution < 1.29 is 9.18 Å². The molecule has 0 bridgehead atoms. The number of carbonyl (C=O) groups excluding carboxylic acids is 1. The van der Waals surface area contributed by atoms with Crippen molar-refractivity contribution in [2.24, 2.45) is 7.05 Å². The molecule has 0 radical (unpaired) electrons. The van der Waals surface area contributed by atoms with Crippen LogP contribution in [0.15, 0.2) is 66.9 Å². The molecule has 26 heavy (non-hydrogen) atoms. The summed E-state index contributed by atoms with van der Waals surface area (Å²) in [5, 5.41) is 7.81. The predicted octanol–water partition coefficient (Wildman–Crippen LogP) is 3.82. The molecule has 5 nitrogen and oxygen atoms in total. The van der Waals surface area contributed by atoms with Crippen LogP contribution in [0.1, 0.15) is 0 Å². The first kappa shape index (κ1) is 16.1. The van der Waals surface area contributed by atoms with E-state index in [0.29, 0.717) is 16.7 Å². The van der Waals surface area contributed by atoms with Gasteiger partial charge in [-0.3, -0.25) is 9.48 Å². The van der Waals surface area contributed by atoms with Gasteiger partial charge in [0.05, 0.1) is 11.2 Å². The number of carbonyl (C=O) groups is 1. The van der Waals surface area contributed by atoms with E-state index in [0.717, 1.165) is 11.3 Å². The molecule has 2 aromatic carbocycles. The van der Waals surface area contributed by atoms with E-state index in [9.17, 15) is 9.18 Å². The van der Waals surface area contributed by atoms with Crippen molar-refractivity contribution in [2.75, 3.05) is 5.32 Å². The topological polar surface area (TPSA) is 51.9 Å². The number of nitrogens with one attached hydrogen (secondary N) is 1. The Morgan fingerprint density at radius 2 is 1.92 bits per heavy atom. The highest BCUT2D eigenvalue weighted by Crippen LogP contribution is 2.22. The molecule has 0 atom stereocenters. The maximum Gasteiger partial charge on any atom is 0.245 e. The first-order valence-electron chi connectivity index (χ1n) is 8.24. The molecule has 0 aliphatic rings. The summed E-state index contributed by atoms with van der Waals surface area (Å²) in [5.74, 6) is 0.117. The van der Waals surface area contributed by atoms with E-state index in [2.05, 4.69) is 10.4 Å². The van der Waals surface area contributed by atoms with E-state index in [4.69, 9.17) is 0 Å². The van der Waals surface area contributed by atoms with Crippen LogP contribution in [-0.4, -0.2) is 20.3 Å². The summed E-state index contributed by atoms with van der Waals surface area (Å²) < 4.78 is 17.1. The highest BCUT2D eigenvalue weighted by atomic mass is 19.1. The molecule has 4 aromatic rings. The fourth-order valence-corrected chi connectivity index (χ4v) is 3.00. The van der Waals surface area contributed by atoms with Gasteiger partial charge in [0.1, 0.15) is 18.2 Å². The van der Waals surface area contributed by atoms with Crippen LogP contribution in [0, 0.1) is 5.82 Å². The SMILES string of the molecule is Cn1nc(-c2ccccc2)cc1NC(=O)Cn1ccc2c(F)cccc21. The largest absolute Gasteiger partial charge is 0.338 e. The van der Waals surface area contributed by atoms with Crippen molar-refractivity contribution in [3.8, 4) is 11.3 Å². The fourth-order valence-electron chi connectivity index (χ4n) is 3.00. The highest BCUT2D eigenvalue weighted by molar-refractivity contribution is 5.92. The van der Waals surface area contributed by atoms with Gasteiger partial charge in [-0.2, -0.15) is 5.10 Å². The van der Waals surface area contributed by atoms with Gasteiger partial charge >= 0.3 is 0 Å². The molecule has 1 amide bonds. The normalized spacial score (nSPS) is 11.0. The van der Waals surface area contributed by atoms with Gasteiger partial charge in [0.25, 0.3) is 0 Å². The van der Waals surface area contributed by atoms with Crippen LogP contribution in [0.25, 0.3) is 22.2 Å². The molecular weight excluding hydrogens is 331 g/mol. The third-order valence-corrected chi connectivity index (χ3v) is 4.29. The third kappa shape index (κ3) is 2.97. The number of hydrogen-bond acceptors (Lipinski definition) is 2. The Balaban J connectivity index is 1.53. The molecular formula is C20H17FN4O. The van der Waals surface area contributed by atoms with Gasteiger partial charge in [0, 0.05) is 30.3 Å². The van der Waals surface area contributed by atoms with Gasteiger partial charge in [0.15, 0.2) is 0 Å². The zero-order valence-electron chi connectivity index (χ0n) is 14.2. The number of halogens is 1. The van der Waals surface area contributed by atoms with Crippen molar-refractivity contribution >= 4 is 22.6 Å². The van der Waals surface area contributed by atoms with Crippen LogP contribution in [0.3, 0.4) is 0 Å². The average molecular weight is 348 g/mol. The zero-order chi connectivity index (χ0) is 18.1. The van der Waals surface area contributed by atoms with Gasteiger partial charge < -0.3 is 9.88 Å². The van der Waals surface area contributed by atoms with Crippen LogP contribution in [0.5, 0.6) is 0 Å². The van der Waals surface area contributed by atoms with E-state index in [1.54, 1.807) is 40.7 Å². The lowest BCUT2D eigenvalue weighted by atomic mass is 10.2. The summed E-state index contributed by atoms with van der Waals surface area (Å²) in [6.07, 6.45) is 1.71. The Bertz CT molecular complexity index is 1080. The maximum atomic E-state index is 13.8.